The minimum absolute atomic E-state index is 0.0560. The van der Waals surface area contributed by atoms with E-state index >= 15 is 0 Å². The minimum Gasteiger partial charge on any atom is -0.495 e. The zero-order valence-corrected chi connectivity index (χ0v) is 12.7. The molecule has 0 aliphatic carbocycles. The number of hydrogen-bond donors (Lipinski definition) is 1. The standard InChI is InChI=1S/C13H15BrN2OS/c1-3-15-12(13-9(14)6-8-18-13)11-10(17-2)5-4-7-16-11/h4-8,12,15H,3H2,1-2H3. The highest BCUT2D eigenvalue weighted by atomic mass is 79.9. The predicted molar refractivity (Wildman–Crippen MR) is 78.3 cm³/mol. The molecule has 2 aromatic heterocycles. The topological polar surface area (TPSA) is 34.2 Å². The average Bonchev–Trinajstić information content (AvgIpc) is 2.82. The Bertz CT molecular complexity index is 515. The Morgan fingerprint density at radius 3 is 2.94 bits per heavy atom. The molecule has 1 unspecified atom stereocenters. The van der Waals surface area contributed by atoms with Crippen LogP contribution in [0.2, 0.25) is 0 Å². The Balaban J connectivity index is 2.45. The lowest BCUT2D eigenvalue weighted by Gasteiger charge is -2.19. The lowest BCUT2D eigenvalue weighted by molar-refractivity contribution is 0.401. The van der Waals surface area contributed by atoms with Gasteiger partial charge in [-0.05, 0) is 46.1 Å². The van der Waals surface area contributed by atoms with Gasteiger partial charge in [0.2, 0.25) is 0 Å². The van der Waals surface area contributed by atoms with Crippen LogP contribution in [0.4, 0.5) is 0 Å². The number of ether oxygens (including phenoxy) is 1. The van der Waals surface area contributed by atoms with E-state index in [-0.39, 0.29) is 6.04 Å². The Hall–Kier alpha value is -0.910. The summed E-state index contributed by atoms with van der Waals surface area (Å²) in [6, 6.07) is 5.93. The fourth-order valence-electron chi connectivity index (χ4n) is 1.82. The molecule has 18 heavy (non-hydrogen) atoms. The van der Waals surface area contributed by atoms with Gasteiger partial charge >= 0.3 is 0 Å². The molecule has 0 saturated carbocycles. The molecular weight excluding hydrogens is 312 g/mol. The van der Waals surface area contributed by atoms with E-state index in [0.29, 0.717) is 0 Å². The van der Waals surface area contributed by atoms with Crippen LogP contribution in [0, 0.1) is 0 Å². The van der Waals surface area contributed by atoms with Crippen LogP contribution < -0.4 is 10.1 Å². The van der Waals surface area contributed by atoms with Crippen LogP contribution in [0.3, 0.4) is 0 Å². The van der Waals surface area contributed by atoms with Crippen molar-refractivity contribution in [2.45, 2.75) is 13.0 Å². The summed E-state index contributed by atoms with van der Waals surface area (Å²) in [7, 11) is 1.67. The number of pyridine rings is 1. The van der Waals surface area contributed by atoms with Gasteiger partial charge in [0.15, 0.2) is 0 Å². The van der Waals surface area contributed by atoms with Gasteiger partial charge < -0.3 is 10.1 Å². The maximum Gasteiger partial charge on any atom is 0.142 e. The Kier molecular flexibility index (Phi) is 4.74. The zero-order chi connectivity index (χ0) is 13.0. The summed E-state index contributed by atoms with van der Waals surface area (Å²) in [6.45, 7) is 2.96. The Labute approximate surface area is 119 Å². The maximum atomic E-state index is 5.40. The molecule has 0 aromatic carbocycles. The van der Waals surface area contributed by atoms with E-state index in [1.165, 1.54) is 4.88 Å². The molecule has 96 valence electrons. The molecule has 0 saturated heterocycles. The molecule has 2 heterocycles. The third kappa shape index (κ3) is 2.74. The minimum atomic E-state index is 0.0560. The van der Waals surface area contributed by atoms with Crippen molar-refractivity contribution in [2.75, 3.05) is 13.7 Å². The molecule has 2 aromatic rings. The van der Waals surface area contributed by atoms with Crippen molar-refractivity contribution in [1.29, 1.82) is 0 Å². The number of nitrogens with zero attached hydrogens (tertiary/aromatic N) is 1. The number of methoxy groups -OCH3 is 1. The number of hydrogen-bond acceptors (Lipinski definition) is 4. The van der Waals surface area contributed by atoms with E-state index in [9.17, 15) is 0 Å². The lowest BCUT2D eigenvalue weighted by atomic mass is 10.1. The molecule has 0 fully saturated rings. The monoisotopic (exact) mass is 326 g/mol. The lowest BCUT2D eigenvalue weighted by Crippen LogP contribution is -2.23. The van der Waals surface area contributed by atoms with Gasteiger partial charge in [-0.15, -0.1) is 11.3 Å². The second-order valence-corrected chi connectivity index (χ2v) is 5.52. The van der Waals surface area contributed by atoms with Crippen molar-refractivity contribution < 1.29 is 4.74 Å². The fraction of sp³-hybridized carbons (Fsp3) is 0.308. The number of rotatable bonds is 5. The van der Waals surface area contributed by atoms with Gasteiger partial charge in [-0.3, -0.25) is 4.98 Å². The molecule has 0 spiro atoms. The second-order valence-electron chi connectivity index (χ2n) is 3.71. The fourth-order valence-corrected chi connectivity index (χ4v) is 3.50. The number of thiophene rings is 1. The van der Waals surface area contributed by atoms with Crippen LogP contribution in [-0.4, -0.2) is 18.6 Å². The molecule has 0 aliphatic rings. The van der Waals surface area contributed by atoms with Gasteiger partial charge in [0.05, 0.1) is 13.2 Å². The Morgan fingerprint density at radius 1 is 1.50 bits per heavy atom. The SMILES string of the molecule is CCNC(c1ncccc1OC)c1sccc1Br. The largest absolute Gasteiger partial charge is 0.495 e. The normalized spacial score (nSPS) is 12.4. The van der Waals surface area contributed by atoms with Crippen molar-refractivity contribution in [2.24, 2.45) is 0 Å². The summed E-state index contributed by atoms with van der Waals surface area (Å²) >= 11 is 5.29. The summed E-state index contributed by atoms with van der Waals surface area (Å²) in [5.74, 6) is 0.809. The predicted octanol–water partition coefficient (Wildman–Crippen LogP) is 3.61. The van der Waals surface area contributed by atoms with E-state index in [1.807, 2.05) is 12.1 Å². The second kappa shape index (κ2) is 6.31. The van der Waals surface area contributed by atoms with Crippen molar-refractivity contribution in [3.8, 4) is 5.75 Å². The van der Waals surface area contributed by atoms with Gasteiger partial charge in [-0.2, -0.15) is 0 Å². The van der Waals surface area contributed by atoms with Crippen molar-refractivity contribution in [3.05, 3.63) is 44.8 Å². The van der Waals surface area contributed by atoms with Crippen LogP contribution in [0.25, 0.3) is 0 Å². The summed E-state index contributed by atoms with van der Waals surface area (Å²) in [6.07, 6.45) is 1.80. The van der Waals surface area contributed by atoms with Crippen molar-refractivity contribution in [1.82, 2.24) is 10.3 Å². The highest BCUT2D eigenvalue weighted by molar-refractivity contribution is 9.10. The van der Waals surface area contributed by atoms with Crippen LogP contribution in [-0.2, 0) is 0 Å². The first-order valence-corrected chi connectivity index (χ1v) is 7.40. The number of halogens is 1. The molecule has 2 rings (SSSR count). The van der Waals surface area contributed by atoms with Gasteiger partial charge in [-0.1, -0.05) is 6.92 Å². The Morgan fingerprint density at radius 2 is 2.33 bits per heavy atom. The molecule has 0 amide bonds. The first kappa shape index (κ1) is 13.5. The average molecular weight is 327 g/mol. The summed E-state index contributed by atoms with van der Waals surface area (Å²) < 4.78 is 6.50. The summed E-state index contributed by atoms with van der Waals surface area (Å²) in [5.41, 5.74) is 0.921. The molecule has 0 radical (unpaired) electrons. The molecule has 0 aliphatic heterocycles. The van der Waals surface area contributed by atoms with E-state index in [4.69, 9.17) is 4.74 Å². The quantitative estimate of drug-likeness (QED) is 0.911. The van der Waals surface area contributed by atoms with E-state index in [1.54, 1.807) is 24.6 Å². The highest BCUT2D eigenvalue weighted by Gasteiger charge is 2.21. The van der Waals surface area contributed by atoms with Gasteiger partial charge in [0, 0.05) is 15.5 Å². The van der Waals surface area contributed by atoms with Crippen LogP contribution in [0.1, 0.15) is 23.5 Å². The first-order chi connectivity index (χ1) is 8.77. The van der Waals surface area contributed by atoms with E-state index < -0.39 is 0 Å². The number of aromatic nitrogens is 1. The molecule has 3 nitrogen and oxygen atoms in total. The molecule has 1 N–H and O–H groups in total. The van der Waals surface area contributed by atoms with Crippen LogP contribution >= 0.6 is 27.3 Å². The molecule has 0 bridgehead atoms. The van der Waals surface area contributed by atoms with Crippen molar-refractivity contribution in [3.63, 3.8) is 0 Å². The van der Waals surface area contributed by atoms with Crippen LogP contribution in [0.15, 0.2) is 34.2 Å². The molecule has 5 heteroatoms. The van der Waals surface area contributed by atoms with Crippen molar-refractivity contribution >= 4 is 27.3 Å². The summed E-state index contributed by atoms with van der Waals surface area (Å²) in [4.78, 5) is 5.68. The van der Waals surface area contributed by atoms with E-state index in [0.717, 1.165) is 22.5 Å². The van der Waals surface area contributed by atoms with E-state index in [2.05, 4.69) is 44.6 Å². The molecular formula is C13H15BrN2OS. The maximum absolute atomic E-state index is 5.40. The smallest absolute Gasteiger partial charge is 0.142 e. The van der Waals surface area contributed by atoms with Gasteiger partial charge in [0.1, 0.15) is 11.4 Å². The van der Waals surface area contributed by atoms with Crippen LogP contribution in [0.5, 0.6) is 5.75 Å². The highest BCUT2D eigenvalue weighted by Crippen LogP contribution is 2.35. The molecule has 1 atom stereocenters. The zero-order valence-electron chi connectivity index (χ0n) is 10.3. The van der Waals surface area contributed by atoms with Gasteiger partial charge in [-0.25, -0.2) is 0 Å². The first-order valence-electron chi connectivity index (χ1n) is 5.73. The summed E-state index contributed by atoms with van der Waals surface area (Å²) in [5, 5.41) is 5.52. The number of nitrogens with one attached hydrogen (secondary N) is 1. The third-order valence-corrected chi connectivity index (χ3v) is 4.54. The third-order valence-electron chi connectivity index (χ3n) is 2.61. The van der Waals surface area contributed by atoms with Gasteiger partial charge in [0.25, 0.3) is 0 Å².